The first-order chi connectivity index (χ1) is 17.3. The molecule has 4 heterocycles. The van der Waals surface area contributed by atoms with E-state index in [4.69, 9.17) is 10.8 Å². The molecule has 0 radical (unpaired) electrons. The SMILES string of the molecule is CC1(NC(=O)c2cc3c(cn2)CCN(C(=O)c2ccccn2)C3)C=CC=C(C(=N)N2CCCC2=N)C1. The van der Waals surface area contributed by atoms with Gasteiger partial charge in [0.1, 0.15) is 23.1 Å². The second-order valence-corrected chi connectivity index (χ2v) is 9.68. The summed E-state index contributed by atoms with van der Waals surface area (Å²) < 4.78 is 0. The topological polar surface area (TPSA) is 126 Å². The van der Waals surface area contributed by atoms with Gasteiger partial charge in [0.15, 0.2) is 0 Å². The molecule has 2 amide bonds. The van der Waals surface area contributed by atoms with E-state index in [2.05, 4.69) is 15.3 Å². The number of allylic oxidation sites excluding steroid dienone is 2. The third-order valence-corrected chi connectivity index (χ3v) is 6.91. The van der Waals surface area contributed by atoms with E-state index in [-0.39, 0.29) is 11.8 Å². The predicted octanol–water partition coefficient (Wildman–Crippen LogP) is 3.10. The lowest BCUT2D eigenvalue weighted by molar-refractivity contribution is 0.0728. The monoisotopic (exact) mass is 483 g/mol. The molecule has 0 bridgehead atoms. The largest absolute Gasteiger partial charge is 0.342 e. The Morgan fingerprint density at radius 2 is 1.97 bits per heavy atom. The lowest BCUT2D eigenvalue weighted by Crippen LogP contribution is -2.47. The van der Waals surface area contributed by atoms with Gasteiger partial charge in [-0.25, -0.2) is 0 Å². The maximum Gasteiger partial charge on any atom is 0.272 e. The molecule has 0 saturated carbocycles. The Labute approximate surface area is 209 Å². The number of hydrogen-bond acceptors (Lipinski definition) is 6. The van der Waals surface area contributed by atoms with E-state index in [0.717, 1.165) is 23.1 Å². The summed E-state index contributed by atoms with van der Waals surface area (Å²) in [6, 6.07) is 7.04. The Morgan fingerprint density at radius 3 is 2.72 bits per heavy atom. The Morgan fingerprint density at radius 1 is 1.11 bits per heavy atom. The molecule has 1 saturated heterocycles. The number of nitrogens with zero attached hydrogens (tertiary/aromatic N) is 4. The number of aromatic nitrogens is 2. The van der Waals surface area contributed by atoms with Crippen LogP contribution in [0.5, 0.6) is 0 Å². The number of hydrogen-bond donors (Lipinski definition) is 3. The maximum atomic E-state index is 13.2. The van der Waals surface area contributed by atoms with Crippen molar-refractivity contribution in [1.82, 2.24) is 25.1 Å². The Bertz CT molecular complexity index is 1300. The van der Waals surface area contributed by atoms with Crippen LogP contribution in [0, 0.1) is 10.8 Å². The minimum atomic E-state index is -0.687. The molecule has 2 aromatic heterocycles. The van der Waals surface area contributed by atoms with Crippen molar-refractivity contribution in [3.63, 3.8) is 0 Å². The van der Waals surface area contributed by atoms with Crippen molar-refractivity contribution in [3.05, 3.63) is 83.0 Å². The van der Waals surface area contributed by atoms with Crippen molar-refractivity contribution >= 4 is 23.5 Å². The van der Waals surface area contributed by atoms with E-state index in [1.165, 1.54) is 0 Å². The van der Waals surface area contributed by atoms with Gasteiger partial charge < -0.3 is 15.1 Å². The number of pyridine rings is 2. The summed E-state index contributed by atoms with van der Waals surface area (Å²) in [5.41, 5.74) is 2.74. The molecule has 1 unspecified atom stereocenters. The highest BCUT2D eigenvalue weighted by Crippen LogP contribution is 2.27. The van der Waals surface area contributed by atoms with Gasteiger partial charge in [-0.15, -0.1) is 0 Å². The molecule has 9 nitrogen and oxygen atoms in total. The van der Waals surface area contributed by atoms with E-state index in [1.807, 2.05) is 25.2 Å². The van der Waals surface area contributed by atoms with Crippen LogP contribution in [0.1, 0.15) is 58.3 Å². The summed E-state index contributed by atoms with van der Waals surface area (Å²) in [5, 5.41) is 19.7. The highest BCUT2D eigenvalue weighted by molar-refractivity contribution is 6.08. The number of fused-ring (bicyclic) bond motifs is 1. The summed E-state index contributed by atoms with van der Waals surface area (Å²) in [6.07, 6.45) is 11.7. The summed E-state index contributed by atoms with van der Waals surface area (Å²) in [4.78, 5) is 38.1. The Hall–Kier alpha value is -4.14. The van der Waals surface area contributed by atoms with Crippen molar-refractivity contribution in [2.75, 3.05) is 13.1 Å². The molecule has 184 valence electrons. The first-order valence-electron chi connectivity index (χ1n) is 12.2. The van der Waals surface area contributed by atoms with Gasteiger partial charge in [-0.05, 0) is 54.7 Å². The Kier molecular flexibility index (Phi) is 6.22. The number of rotatable bonds is 4. The molecule has 2 aromatic rings. The average Bonchev–Trinajstić information content (AvgIpc) is 3.33. The molecule has 2 aliphatic heterocycles. The number of nitrogens with one attached hydrogen (secondary N) is 3. The number of likely N-dealkylation sites (tertiary alicyclic amines) is 1. The van der Waals surface area contributed by atoms with Crippen molar-refractivity contribution < 1.29 is 9.59 Å². The zero-order valence-corrected chi connectivity index (χ0v) is 20.3. The Balaban J connectivity index is 1.27. The number of amidine groups is 2. The lowest BCUT2D eigenvalue weighted by Gasteiger charge is -2.33. The van der Waals surface area contributed by atoms with E-state index < -0.39 is 5.54 Å². The highest BCUT2D eigenvalue weighted by Gasteiger charge is 2.32. The summed E-state index contributed by atoms with van der Waals surface area (Å²) in [5.74, 6) is 0.360. The van der Waals surface area contributed by atoms with Gasteiger partial charge in [0, 0.05) is 44.9 Å². The number of carbonyl (C=O) groups excluding carboxylic acids is 2. The predicted molar refractivity (Wildman–Crippen MR) is 136 cm³/mol. The van der Waals surface area contributed by atoms with Gasteiger partial charge in [0.25, 0.3) is 11.8 Å². The summed E-state index contributed by atoms with van der Waals surface area (Å²) >= 11 is 0. The molecule has 1 atom stereocenters. The molecule has 3 aliphatic rings. The quantitative estimate of drug-likeness (QED) is 0.455. The summed E-state index contributed by atoms with van der Waals surface area (Å²) in [7, 11) is 0. The lowest BCUT2D eigenvalue weighted by atomic mass is 9.87. The van der Waals surface area contributed by atoms with Crippen LogP contribution in [0.3, 0.4) is 0 Å². The van der Waals surface area contributed by atoms with Gasteiger partial charge in [0.2, 0.25) is 0 Å². The zero-order valence-electron chi connectivity index (χ0n) is 20.3. The minimum absolute atomic E-state index is 0.128. The molecule has 3 N–H and O–H groups in total. The van der Waals surface area contributed by atoms with Gasteiger partial charge in [0.05, 0.1) is 5.54 Å². The van der Waals surface area contributed by atoms with Crippen LogP contribution in [0.2, 0.25) is 0 Å². The van der Waals surface area contributed by atoms with Gasteiger partial charge in [-0.2, -0.15) is 0 Å². The van der Waals surface area contributed by atoms with Crippen LogP contribution in [-0.4, -0.2) is 61.9 Å². The van der Waals surface area contributed by atoms with Crippen LogP contribution in [0.25, 0.3) is 0 Å². The van der Waals surface area contributed by atoms with E-state index in [1.54, 1.807) is 46.5 Å². The standard InChI is InChI=1S/C27H29N7O2/c1-27(10-4-6-18(15-27)24(29)34-12-5-8-23(34)28)32-25(35)22-14-20-17-33(13-9-19(20)16-31-22)26(36)21-7-2-3-11-30-21/h2-4,6-7,10-11,14,16,28-29H,5,8-9,12-13,15,17H2,1H3,(H,32,35). The molecule has 5 rings (SSSR count). The van der Waals surface area contributed by atoms with E-state index in [0.29, 0.717) is 62.0 Å². The molecular weight excluding hydrogens is 454 g/mol. The smallest absolute Gasteiger partial charge is 0.272 e. The highest BCUT2D eigenvalue weighted by atomic mass is 16.2. The van der Waals surface area contributed by atoms with E-state index >= 15 is 0 Å². The molecule has 1 aliphatic carbocycles. The normalized spacial score (nSPS) is 21.1. The molecule has 9 heteroatoms. The molecule has 0 spiro atoms. The van der Waals surface area contributed by atoms with Crippen LogP contribution in [0.4, 0.5) is 0 Å². The zero-order chi connectivity index (χ0) is 25.3. The second kappa shape index (κ2) is 9.49. The fourth-order valence-electron chi connectivity index (χ4n) is 4.94. The molecule has 0 aromatic carbocycles. The first kappa shape index (κ1) is 23.6. The first-order valence-corrected chi connectivity index (χ1v) is 12.2. The van der Waals surface area contributed by atoms with Gasteiger partial charge in [-0.1, -0.05) is 24.3 Å². The van der Waals surface area contributed by atoms with Crippen LogP contribution >= 0.6 is 0 Å². The van der Waals surface area contributed by atoms with Crippen LogP contribution < -0.4 is 5.32 Å². The van der Waals surface area contributed by atoms with Gasteiger partial charge >= 0.3 is 0 Å². The molecule has 1 fully saturated rings. The third kappa shape index (κ3) is 4.68. The van der Waals surface area contributed by atoms with Crippen LogP contribution in [-0.2, 0) is 13.0 Å². The van der Waals surface area contributed by atoms with Crippen molar-refractivity contribution in [1.29, 1.82) is 10.8 Å². The molecule has 36 heavy (non-hydrogen) atoms. The third-order valence-electron chi connectivity index (χ3n) is 6.91. The number of amides is 2. The fourth-order valence-corrected chi connectivity index (χ4v) is 4.94. The maximum absolute atomic E-state index is 13.2. The summed E-state index contributed by atoms with van der Waals surface area (Å²) in [6.45, 7) is 3.58. The van der Waals surface area contributed by atoms with Gasteiger partial charge in [-0.3, -0.25) is 30.4 Å². The fraction of sp³-hybridized carbons (Fsp3) is 0.333. The van der Waals surface area contributed by atoms with E-state index in [9.17, 15) is 9.59 Å². The van der Waals surface area contributed by atoms with Crippen LogP contribution in [0.15, 0.2) is 60.5 Å². The second-order valence-electron chi connectivity index (χ2n) is 9.68. The minimum Gasteiger partial charge on any atom is -0.342 e. The average molecular weight is 484 g/mol. The number of carbonyl (C=O) groups is 2. The molecular formula is C27H29N7O2. The van der Waals surface area contributed by atoms with Crippen molar-refractivity contribution in [3.8, 4) is 0 Å². The van der Waals surface area contributed by atoms with Crippen molar-refractivity contribution in [2.45, 2.75) is 44.7 Å². The van der Waals surface area contributed by atoms with Crippen molar-refractivity contribution in [2.24, 2.45) is 0 Å².